The number of nitrogens with zero attached hydrogens (tertiary/aromatic N) is 2. The number of aromatic nitrogens is 2. The fourth-order valence-corrected chi connectivity index (χ4v) is 3.25. The van der Waals surface area contributed by atoms with Gasteiger partial charge in [0, 0.05) is 10.7 Å². The number of benzene rings is 2. The summed E-state index contributed by atoms with van der Waals surface area (Å²) in [6.45, 7) is 5.86. The molecule has 0 saturated carbocycles. The van der Waals surface area contributed by atoms with E-state index in [1.54, 1.807) is 24.3 Å². The van der Waals surface area contributed by atoms with E-state index in [9.17, 15) is 14.7 Å². The number of hydrogen-bond donors (Lipinski definition) is 2. The van der Waals surface area contributed by atoms with E-state index in [0.29, 0.717) is 5.69 Å². The van der Waals surface area contributed by atoms with Gasteiger partial charge in [0.25, 0.3) is 5.56 Å². The Morgan fingerprint density at radius 1 is 1.07 bits per heavy atom. The van der Waals surface area contributed by atoms with E-state index in [-0.39, 0.29) is 5.56 Å². The van der Waals surface area contributed by atoms with Gasteiger partial charge in [0.2, 0.25) is 5.88 Å². The molecule has 0 saturated heterocycles. The molecule has 0 spiro atoms. The molecule has 6 nitrogen and oxygen atoms in total. The molecule has 0 aliphatic carbocycles. The van der Waals surface area contributed by atoms with Gasteiger partial charge >= 0.3 is 5.69 Å². The van der Waals surface area contributed by atoms with Crippen LogP contribution in [-0.4, -0.2) is 20.9 Å². The van der Waals surface area contributed by atoms with Crippen molar-refractivity contribution in [1.29, 1.82) is 0 Å². The second-order valence-corrected chi connectivity index (χ2v) is 7.23. The number of halogens is 1. The lowest BCUT2D eigenvalue weighted by Crippen LogP contribution is -2.31. The minimum atomic E-state index is -0.723. The van der Waals surface area contributed by atoms with Gasteiger partial charge in [-0.15, -0.1) is 0 Å². The standard InChI is InChI=1S/C20H18BrN3O3/c1-11-8-12(2)17(13(3)9-11)22-10-16-18(25)23-20(27)24(19(16)26)15-6-4-14(21)5-7-15/h4-10,26H,1-3H3,(H,23,25,27). The first-order valence-corrected chi connectivity index (χ1v) is 9.03. The summed E-state index contributed by atoms with van der Waals surface area (Å²) in [5.41, 5.74) is 2.68. The van der Waals surface area contributed by atoms with E-state index in [4.69, 9.17) is 0 Å². The predicted molar refractivity (Wildman–Crippen MR) is 110 cm³/mol. The number of H-pyrrole nitrogens is 1. The Kier molecular flexibility index (Phi) is 5.14. The van der Waals surface area contributed by atoms with Gasteiger partial charge in [-0.3, -0.25) is 14.8 Å². The molecule has 2 aromatic carbocycles. The number of nitrogens with one attached hydrogen (secondary N) is 1. The van der Waals surface area contributed by atoms with Crippen molar-refractivity contribution in [3.8, 4) is 11.6 Å². The summed E-state index contributed by atoms with van der Waals surface area (Å²) in [5, 5.41) is 10.6. The van der Waals surface area contributed by atoms with Crippen molar-refractivity contribution in [1.82, 2.24) is 9.55 Å². The van der Waals surface area contributed by atoms with Crippen LogP contribution in [0.4, 0.5) is 5.69 Å². The molecule has 0 unspecified atom stereocenters. The Hall–Kier alpha value is -2.93. The normalized spacial score (nSPS) is 11.3. The summed E-state index contributed by atoms with van der Waals surface area (Å²) in [6, 6.07) is 10.8. The second kappa shape index (κ2) is 7.36. The third kappa shape index (κ3) is 3.78. The zero-order valence-corrected chi connectivity index (χ0v) is 16.7. The van der Waals surface area contributed by atoms with Crippen LogP contribution in [0.3, 0.4) is 0 Å². The molecule has 3 aromatic rings. The highest BCUT2D eigenvalue weighted by Gasteiger charge is 2.14. The Bertz CT molecular complexity index is 1140. The maximum absolute atomic E-state index is 12.2. The molecule has 0 aliphatic rings. The molecular formula is C20H18BrN3O3. The zero-order chi connectivity index (χ0) is 19.7. The van der Waals surface area contributed by atoms with Crippen molar-refractivity contribution < 1.29 is 5.11 Å². The van der Waals surface area contributed by atoms with Crippen LogP contribution in [0.25, 0.3) is 5.69 Å². The number of hydrogen-bond acceptors (Lipinski definition) is 4. The fourth-order valence-electron chi connectivity index (χ4n) is 2.99. The van der Waals surface area contributed by atoms with Gasteiger partial charge in [-0.05, 0) is 56.2 Å². The van der Waals surface area contributed by atoms with Crippen LogP contribution >= 0.6 is 15.9 Å². The molecule has 0 aliphatic heterocycles. The molecule has 0 fully saturated rings. The Balaban J connectivity index is 2.15. The lowest BCUT2D eigenvalue weighted by molar-refractivity contribution is 0.430. The molecule has 1 heterocycles. The van der Waals surface area contributed by atoms with Gasteiger partial charge < -0.3 is 5.11 Å². The first-order valence-electron chi connectivity index (χ1n) is 8.24. The Labute approximate surface area is 164 Å². The molecule has 7 heteroatoms. The van der Waals surface area contributed by atoms with Crippen LogP contribution in [0.15, 0.2) is 55.5 Å². The van der Waals surface area contributed by atoms with Crippen molar-refractivity contribution in [3.05, 3.63) is 84.0 Å². The van der Waals surface area contributed by atoms with E-state index in [0.717, 1.165) is 31.4 Å². The molecular weight excluding hydrogens is 410 g/mol. The van der Waals surface area contributed by atoms with E-state index < -0.39 is 17.1 Å². The largest absolute Gasteiger partial charge is 0.493 e. The first kappa shape index (κ1) is 18.8. The monoisotopic (exact) mass is 427 g/mol. The molecule has 0 atom stereocenters. The van der Waals surface area contributed by atoms with Crippen LogP contribution in [0, 0.1) is 20.8 Å². The van der Waals surface area contributed by atoms with Gasteiger partial charge in [-0.25, -0.2) is 9.36 Å². The van der Waals surface area contributed by atoms with E-state index in [2.05, 4.69) is 25.9 Å². The maximum atomic E-state index is 12.2. The predicted octanol–water partition coefficient (Wildman–Crippen LogP) is 3.67. The molecule has 0 amide bonds. The first-order chi connectivity index (χ1) is 12.8. The molecule has 1 aromatic heterocycles. The lowest BCUT2D eigenvalue weighted by Gasteiger charge is -2.10. The summed E-state index contributed by atoms with van der Waals surface area (Å²) in [7, 11) is 0. The zero-order valence-electron chi connectivity index (χ0n) is 15.1. The molecule has 138 valence electrons. The highest BCUT2D eigenvalue weighted by molar-refractivity contribution is 9.10. The summed E-state index contributed by atoms with van der Waals surface area (Å²) >= 11 is 3.32. The number of aromatic amines is 1. The molecule has 3 rings (SSSR count). The number of aliphatic imine (C=N–C) groups is 1. The van der Waals surface area contributed by atoms with Crippen LogP contribution in [-0.2, 0) is 0 Å². The average Bonchev–Trinajstić information content (AvgIpc) is 2.58. The Morgan fingerprint density at radius 2 is 1.67 bits per heavy atom. The van der Waals surface area contributed by atoms with Crippen molar-refractivity contribution >= 4 is 27.8 Å². The van der Waals surface area contributed by atoms with Gasteiger partial charge in [0.1, 0.15) is 5.56 Å². The van der Waals surface area contributed by atoms with Gasteiger partial charge in [-0.1, -0.05) is 33.6 Å². The molecule has 0 radical (unpaired) electrons. The van der Waals surface area contributed by atoms with Gasteiger partial charge in [0.05, 0.1) is 11.4 Å². The number of aromatic hydroxyl groups is 1. The highest BCUT2D eigenvalue weighted by atomic mass is 79.9. The summed E-state index contributed by atoms with van der Waals surface area (Å²) in [6.07, 6.45) is 1.29. The van der Waals surface area contributed by atoms with Crippen LogP contribution in [0.5, 0.6) is 5.88 Å². The highest BCUT2D eigenvalue weighted by Crippen LogP contribution is 2.25. The lowest BCUT2D eigenvalue weighted by atomic mass is 10.1. The van der Waals surface area contributed by atoms with E-state index in [1.165, 1.54) is 6.21 Å². The van der Waals surface area contributed by atoms with E-state index >= 15 is 0 Å². The summed E-state index contributed by atoms with van der Waals surface area (Å²) in [5.74, 6) is -0.461. The minimum absolute atomic E-state index is 0.0862. The second-order valence-electron chi connectivity index (χ2n) is 6.31. The quantitative estimate of drug-likeness (QED) is 0.624. The number of rotatable bonds is 3. The van der Waals surface area contributed by atoms with Gasteiger partial charge in [0.15, 0.2) is 0 Å². The van der Waals surface area contributed by atoms with Crippen LogP contribution < -0.4 is 11.2 Å². The van der Waals surface area contributed by atoms with Crippen molar-refractivity contribution in [2.45, 2.75) is 20.8 Å². The SMILES string of the molecule is Cc1cc(C)c(N=Cc2c(O)n(-c3ccc(Br)cc3)c(=O)[nH]c2=O)c(C)c1. The third-order valence-electron chi connectivity index (χ3n) is 4.16. The van der Waals surface area contributed by atoms with Crippen molar-refractivity contribution in [3.63, 3.8) is 0 Å². The molecule has 0 bridgehead atoms. The Morgan fingerprint density at radius 3 is 2.26 bits per heavy atom. The van der Waals surface area contributed by atoms with Crippen molar-refractivity contribution in [2.24, 2.45) is 4.99 Å². The summed E-state index contributed by atoms with van der Waals surface area (Å²) in [4.78, 5) is 31.0. The maximum Gasteiger partial charge on any atom is 0.335 e. The van der Waals surface area contributed by atoms with Gasteiger partial charge in [-0.2, -0.15) is 0 Å². The summed E-state index contributed by atoms with van der Waals surface area (Å²) < 4.78 is 1.86. The fraction of sp³-hybridized carbons (Fsp3) is 0.150. The third-order valence-corrected chi connectivity index (χ3v) is 4.69. The minimum Gasteiger partial charge on any atom is -0.493 e. The topological polar surface area (TPSA) is 87.4 Å². The smallest absolute Gasteiger partial charge is 0.335 e. The van der Waals surface area contributed by atoms with Crippen LogP contribution in [0.2, 0.25) is 0 Å². The van der Waals surface area contributed by atoms with Crippen molar-refractivity contribution in [2.75, 3.05) is 0 Å². The molecule has 2 N–H and O–H groups in total. The van der Waals surface area contributed by atoms with Crippen LogP contribution in [0.1, 0.15) is 22.3 Å². The average molecular weight is 428 g/mol. The molecule has 27 heavy (non-hydrogen) atoms. The van der Waals surface area contributed by atoms with E-state index in [1.807, 2.05) is 32.9 Å². The number of aryl methyl sites for hydroxylation is 3.